The molecule has 9 heteroatoms. The van der Waals surface area contributed by atoms with Crippen LogP contribution < -0.4 is 24.8 Å². The molecule has 0 fully saturated rings. The first-order valence-electron chi connectivity index (χ1n) is 15.6. The number of allylic oxidation sites excluding steroid dienone is 4. The first kappa shape index (κ1) is 43.9. The minimum Gasteiger partial charge on any atom is -1.00 e. The fraction of sp³-hybridized carbons (Fsp3) is 0.214. The summed E-state index contributed by atoms with van der Waals surface area (Å²) in [5.41, 5.74) is 8.18. The molecule has 0 amide bonds. The van der Waals surface area contributed by atoms with Gasteiger partial charge in [-0.1, -0.05) is 81.0 Å². The number of alkyl halides is 6. The summed E-state index contributed by atoms with van der Waals surface area (Å²) >= 11 is 0.729. The molecule has 0 spiro atoms. The molecule has 1 atom stereocenters. The molecule has 51 heavy (non-hydrogen) atoms. The van der Waals surface area contributed by atoms with E-state index >= 15 is 0 Å². The first-order chi connectivity index (χ1) is 22.9. The molecule has 1 unspecified atom stereocenters. The van der Waals surface area contributed by atoms with Crippen molar-refractivity contribution in [3.63, 3.8) is 0 Å². The second-order valence-electron chi connectivity index (χ2n) is 12.8. The molecule has 0 aromatic heterocycles. The van der Waals surface area contributed by atoms with Crippen LogP contribution >= 0.6 is 0 Å². The molecule has 0 aliphatic heterocycles. The van der Waals surface area contributed by atoms with Gasteiger partial charge in [0.05, 0.1) is 0 Å². The quantitative estimate of drug-likeness (QED) is 0.151. The van der Waals surface area contributed by atoms with E-state index in [1.807, 2.05) is 18.2 Å². The maximum Gasteiger partial charge on any atom is -1.00 e. The number of hydrogen-bond donors (Lipinski definition) is 0. The van der Waals surface area contributed by atoms with Crippen molar-refractivity contribution in [2.24, 2.45) is 11.3 Å². The van der Waals surface area contributed by atoms with Crippen LogP contribution in [0.3, 0.4) is 0 Å². The van der Waals surface area contributed by atoms with Crippen molar-refractivity contribution in [1.29, 1.82) is 0 Å². The van der Waals surface area contributed by atoms with Gasteiger partial charge >= 0.3 is 137 Å². The van der Waals surface area contributed by atoms with Gasteiger partial charge in [-0.2, -0.15) is 35.4 Å². The van der Waals surface area contributed by atoms with E-state index in [0.717, 1.165) is 60.5 Å². The van der Waals surface area contributed by atoms with Gasteiger partial charge in [-0.25, -0.2) is 6.08 Å². The van der Waals surface area contributed by atoms with Crippen molar-refractivity contribution in [3.05, 3.63) is 166 Å². The summed E-state index contributed by atoms with van der Waals surface area (Å²) in [6.45, 7) is 16.5. The smallest absolute Gasteiger partial charge is 1.00 e. The number of benzene rings is 4. The van der Waals surface area contributed by atoms with Crippen LogP contribution in [0, 0.1) is 23.5 Å². The molecule has 0 N–H and O–H groups in total. The van der Waals surface area contributed by atoms with E-state index in [9.17, 15) is 26.3 Å². The van der Waals surface area contributed by atoms with E-state index in [1.54, 1.807) is 0 Å². The maximum absolute atomic E-state index is 12.7. The van der Waals surface area contributed by atoms with Crippen LogP contribution in [0.5, 0.6) is 0 Å². The van der Waals surface area contributed by atoms with Crippen molar-refractivity contribution in [2.45, 2.75) is 46.5 Å². The zero-order chi connectivity index (χ0) is 36.1. The van der Waals surface area contributed by atoms with E-state index < -0.39 is 23.5 Å². The molecule has 6 rings (SSSR count). The van der Waals surface area contributed by atoms with Gasteiger partial charge in [0.25, 0.3) is 0 Å². The standard InChI is InChI=1S/C17H13.C15H8F6.C10H15.2ClH.Zr/c1-3-12-5-7-14-11-15-8-6-13(4-2)10-17(15)16(14)9-12;16-14(17,18)12-5-1-3-10(8-12)7-11-4-2-6-13(9-11)15(19,20)21;1-8-5-6-9(7-8)10(2,3)4;;;/h3-7,9-10H,1-2,11H2;1-6,8-9H;6-8H,1-4H3;2*1H;/q-1;;-1;;;+2/p-2. The van der Waals surface area contributed by atoms with Gasteiger partial charge in [-0.05, 0) is 12.0 Å². The van der Waals surface area contributed by atoms with E-state index in [2.05, 4.69) is 89.4 Å². The van der Waals surface area contributed by atoms with E-state index in [1.165, 1.54) is 57.7 Å². The minimum atomic E-state index is -4.49. The Balaban J connectivity index is 0.000000277. The van der Waals surface area contributed by atoms with Gasteiger partial charge in [0.1, 0.15) is 0 Å². The minimum absolute atomic E-state index is 0. The van der Waals surface area contributed by atoms with Gasteiger partial charge in [-0.15, -0.1) is 23.8 Å². The van der Waals surface area contributed by atoms with Crippen molar-refractivity contribution >= 4 is 15.4 Å². The molecule has 2 aliphatic rings. The Morgan fingerprint density at radius 1 is 0.765 bits per heavy atom. The molecule has 0 radical (unpaired) electrons. The largest absolute Gasteiger partial charge is 1.00 e. The fourth-order valence-corrected chi connectivity index (χ4v) is 6.05. The fourth-order valence-electron chi connectivity index (χ4n) is 5.29. The Kier molecular flexibility index (Phi) is 15.5. The van der Waals surface area contributed by atoms with Crippen molar-refractivity contribution < 1.29 is 75.4 Å². The Morgan fingerprint density at radius 2 is 1.29 bits per heavy atom. The van der Waals surface area contributed by atoms with E-state index in [4.69, 9.17) is 0 Å². The van der Waals surface area contributed by atoms with Crippen LogP contribution in [-0.4, -0.2) is 3.21 Å². The number of fused-ring (bicyclic) bond motifs is 3. The molecule has 266 valence electrons. The third-order valence-electron chi connectivity index (χ3n) is 8.07. The topological polar surface area (TPSA) is 0 Å². The average Bonchev–Trinajstić information content (AvgIpc) is 3.67. The van der Waals surface area contributed by atoms with Crippen molar-refractivity contribution in [1.82, 2.24) is 0 Å². The Bertz CT molecular complexity index is 1810. The molecule has 0 nitrogen and oxygen atoms in total. The second-order valence-corrected chi connectivity index (χ2v) is 14.1. The molecular weight excluding hydrogens is 781 g/mol. The monoisotopic (exact) mass is 814 g/mol. The molecule has 4 aromatic carbocycles. The third-order valence-corrected chi connectivity index (χ3v) is 9.49. The molecule has 0 bridgehead atoms. The Morgan fingerprint density at radius 3 is 1.73 bits per heavy atom. The summed E-state index contributed by atoms with van der Waals surface area (Å²) in [6.07, 6.45) is 3.42. The summed E-state index contributed by atoms with van der Waals surface area (Å²) in [7, 11) is 0. The van der Waals surface area contributed by atoms with Crippen LogP contribution in [0.15, 0.2) is 110 Å². The predicted octanol–water partition coefficient (Wildman–Crippen LogP) is 6.16. The molecule has 0 saturated heterocycles. The van der Waals surface area contributed by atoms with Gasteiger partial charge in [-0.3, -0.25) is 6.08 Å². The molecular formula is C42H36Cl2F6Zr-2. The zero-order valence-electron chi connectivity index (χ0n) is 28.5. The summed E-state index contributed by atoms with van der Waals surface area (Å²) in [4.78, 5) is 0. The third kappa shape index (κ3) is 11.6. The van der Waals surface area contributed by atoms with Gasteiger partial charge in [0.15, 0.2) is 0 Å². The number of rotatable bonds is 4. The summed E-state index contributed by atoms with van der Waals surface area (Å²) in [5.74, 6) is 0.522. The van der Waals surface area contributed by atoms with Crippen molar-refractivity contribution in [2.75, 3.05) is 0 Å². The van der Waals surface area contributed by atoms with E-state index in [-0.39, 0.29) is 35.9 Å². The Labute approximate surface area is 324 Å². The van der Waals surface area contributed by atoms with E-state index in [0.29, 0.717) is 14.5 Å². The molecule has 4 aromatic rings. The van der Waals surface area contributed by atoms with Crippen LogP contribution in [-0.2, 0) is 43.0 Å². The summed E-state index contributed by atoms with van der Waals surface area (Å²) in [5, 5.41) is 0. The molecule has 0 heterocycles. The Hall–Kier alpha value is -3.25. The predicted molar refractivity (Wildman–Crippen MR) is 184 cm³/mol. The van der Waals surface area contributed by atoms with Crippen LogP contribution in [0.4, 0.5) is 26.3 Å². The maximum atomic E-state index is 12.7. The SMILES string of the molecule is C=Cc1c[c-]c2c(c1)-c1cc(C=C)ccc1C2.CC1[C-]=CC(C(C)(C)C)=C1.FC(F)(F)c1cccc([C](=[Zr+2])c2cccc(C(F)(F)F)c2)c1.[Cl-].[Cl-]. The average molecular weight is 817 g/mol. The number of hydrogen-bond acceptors (Lipinski definition) is 0. The van der Waals surface area contributed by atoms with Crippen LogP contribution in [0.1, 0.15) is 72.2 Å². The van der Waals surface area contributed by atoms with Crippen molar-refractivity contribution in [3.8, 4) is 11.1 Å². The zero-order valence-corrected chi connectivity index (χ0v) is 32.5. The van der Waals surface area contributed by atoms with Gasteiger partial charge in [0, 0.05) is 0 Å². The summed E-state index contributed by atoms with van der Waals surface area (Å²) < 4.78 is 76.7. The van der Waals surface area contributed by atoms with Crippen LogP contribution in [0.2, 0.25) is 0 Å². The van der Waals surface area contributed by atoms with Gasteiger partial charge in [0.2, 0.25) is 0 Å². The normalized spacial score (nSPS) is 14.2. The molecule has 0 saturated carbocycles. The summed E-state index contributed by atoms with van der Waals surface area (Å²) in [6, 6.07) is 23.2. The molecule has 2 aliphatic carbocycles. The van der Waals surface area contributed by atoms with Crippen LogP contribution in [0.25, 0.3) is 23.3 Å². The first-order valence-corrected chi connectivity index (χ1v) is 16.8. The number of halogens is 8. The second kappa shape index (κ2) is 18.0. The van der Waals surface area contributed by atoms with Gasteiger partial charge < -0.3 is 24.8 Å².